The average Bonchev–Trinajstić information content (AvgIpc) is 3.22. The maximum atomic E-state index is 14.5. The molecule has 0 saturated carbocycles. The summed E-state index contributed by atoms with van der Waals surface area (Å²) in [7, 11) is 1.92. The molecule has 0 bridgehead atoms. The van der Waals surface area contributed by atoms with Crippen molar-refractivity contribution in [3.05, 3.63) is 72.2 Å². The van der Waals surface area contributed by atoms with Gasteiger partial charge in [-0.05, 0) is 46.5 Å². The van der Waals surface area contributed by atoms with Gasteiger partial charge in [-0.3, -0.25) is 9.48 Å². The van der Waals surface area contributed by atoms with Crippen LogP contribution >= 0.6 is 0 Å². The first-order valence-electron chi connectivity index (χ1n) is 8.73. The molecule has 0 saturated heterocycles. The number of benzene rings is 3. The van der Waals surface area contributed by atoms with Gasteiger partial charge in [0.05, 0.1) is 18.1 Å². The van der Waals surface area contributed by atoms with Gasteiger partial charge in [0, 0.05) is 23.7 Å². The summed E-state index contributed by atoms with van der Waals surface area (Å²) in [5.74, 6) is -0.428. The van der Waals surface area contributed by atoms with E-state index in [0.717, 1.165) is 33.2 Å². The molecule has 2 heterocycles. The standard InChI is InChI=1S/C22H16FN3O/c1-26-21-7-6-15(8-17(21)12-24-26)13-2-4-14(5-3-13)18-9-16-10-22(27)25-20(16)11-19(18)23/h2-9,11-12H,10H2,1H3,(H,25,27). The number of hydrogen-bond donors (Lipinski definition) is 1. The summed E-state index contributed by atoms with van der Waals surface area (Å²) in [6.07, 6.45) is 2.15. The van der Waals surface area contributed by atoms with E-state index in [1.54, 1.807) is 6.07 Å². The molecule has 0 fully saturated rings. The quantitative estimate of drug-likeness (QED) is 0.572. The molecule has 1 amide bonds. The zero-order valence-corrected chi connectivity index (χ0v) is 14.7. The summed E-state index contributed by atoms with van der Waals surface area (Å²) in [5.41, 5.74) is 5.94. The van der Waals surface area contributed by atoms with Crippen LogP contribution in [-0.2, 0) is 18.3 Å². The summed E-state index contributed by atoms with van der Waals surface area (Å²) in [5, 5.41) is 8.04. The number of fused-ring (bicyclic) bond motifs is 2. The van der Waals surface area contributed by atoms with Gasteiger partial charge in [-0.1, -0.05) is 30.3 Å². The van der Waals surface area contributed by atoms with Gasteiger partial charge in [0.1, 0.15) is 5.82 Å². The lowest BCUT2D eigenvalue weighted by molar-refractivity contribution is -0.115. The lowest BCUT2D eigenvalue weighted by Gasteiger charge is -2.08. The highest BCUT2D eigenvalue weighted by Gasteiger charge is 2.20. The Morgan fingerprint density at radius 1 is 1.00 bits per heavy atom. The number of hydrogen-bond acceptors (Lipinski definition) is 2. The van der Waals surface area contributed by atoms with Gasteiger partial charge in [-0.25, -0.2) is 4.39 Å². The Hall–Kier alpha value is -3.47. The summed E-state index contributed by atoms with van der Waals surface area (Å²) >= 11 is 0. The van der Waals surface area contributed by atoms with Crippen molar-refractivity contribution in [3.8, 4) is 22.3 Å². The van der Waals surface area contributed by atoms with Crippen LogP contribution in [0.4, 0.5) is 10.1 Å². The third kappa shape index (κ3) is 2.59. The summed E-state index contributed by atoms with van der Waals surface area (Å²) in [6, 6.07) is 17.2. The molecule has 0 aliphatic carbocycles. The van der Waals surface area contributed by atoms with E-state index in [1.807, 2.05) is 42.2 Å². The minimum absolute atomic E-state index is 0.0947. The topological polar surface area (TPSA) is 46.9 Å². The fourth-order valence-electron chi connectivity index (χ4n) is 3.65. The Labute approximate surface area is 155 Å². The number of halogens is 1. The number of aryl methyl sites for hydroxylation is 1. The highest BCUT2D eigenvalue weighted by molar-refractivity contribution is 5.99. The lowest BCUT2D eigenvalue weighted by atomic mass is 9.97. The van der Waals surface area contributed by atoms with E-state index < -0.39 is 0 Å². The van der Waals surface area contributed by atoms with Crippen LogP contribution in [0.25, 0.3) is 33.2 Å². The largest absolute Gasteiger partial charge is 0.325 e. The normalized spacial score (nSPS) is 13.0. The van der Waals surface area contributed by atoms with Crippen LogP contribution < -0.4 is 5.32 Å². The number of rotatable bonds is 2. The minimum Gasteiger partial charge on any atom is -0.325 e. The number of nitrogens with zero attached hydrogens (tertiary/aromatic N) is 2. The molecule has 4 nitrogen and oxygen atoms in total. The van der Waals surface area contributed by atoms with Gasteiger partial charge in [0.25, 0.3) is 0 Å². The number of amides is 1. The summed E-state index contributed by atoms with van der Waals surface area (Å²) < 4.78 is 16.3. The molecule has 0 atom stereocenters. The zero-order chi connectivity index (χ0) is 18.5. The van der Waals surface area contributed by atoms with Crippen molar-refractivity contribution in [1.82, 2.24) is 9.78 Å². The Morgan fingerprint density at radius 2 is 1.74 bits per heavy atom. The van der Waals surface area contributed by atoms with E-state index in [0.29, 0.717) is 17.7 Å². The predicted octanol–water partition coefficient (Wildman–Crippen LogP) is 4.54. The number of carbonyl (C=O) groups is 1. The van der Waals surface area contributed by atoms with Crippen molar-refractivity contribution in [3.63, 3.8) is 0 Å². The molecular weight excluding hydrogens is 341 g/mol. The van der Waals surface area contributed by atoms with E-state index in [9.17, 15) is 9.18 Å². The van der Waals surface area contributed by atoms with Crippen molar-refractivity contribution >= 4 is 22.5 Å². The van der Waals surface area contributed by atoms with Crippen molar-refractivity contribution in [2.24, 2.45) is 7.05 Å². The molecule has 1 aliphatic rings. The van der Waals surface area contributed by atoms with E-state index in [2.05, 4.69) is 28.6 Å². The van der Waals surface area contributed by atoms with E-state index in [4.69, 9.17) is 0 Å². The number of carbonyl (C=O) groups excluding carboxylic acids is 1. The van der Waals surface area contributed by atoms with Crippen LogP contribution in [-0.4, -0.2) is 15.7 Å². The van der Waals surface area contributed by atoms with Crippen LogP contribution in [0.1, 0.15) is 5.56 Å². The third-order valence-electron chi connectivity index (χ3n) is 5.09. The molecular formula is C22H16FN3O. The number of nitrogens with one attached hydrogen (secondary N) is 1. The van der Waals surface area contributed by atoms with Gasteiger partial charge in [0.15, 0.2) is 0 Å². The number of anilines is 1. The summed E-state index contributed by atoms with van der Waals surface area (Å²) in [6.45, 7) is 0. The fourth-order valence-corrected chi connectivity index (χ4v) is 3.65. The van der Waals surface area contributed by atoms with Gasteiger partial charge in [-0.2, -0.15) is 5.10 Å². The lowest BCUT2D eigenvalue weighted by Crippen LogP contribution is -2.03. The molecule has 0 radical (unpaired) electrons. The van der Waals surface area contributed by atoms with Crippen molar-refractivity contribution in [1.29, 1.82) is 0 Å². The van der Waals surface area contributed by atoms with Gasteiger partial charge in [0.2, 0.25) is 5.91 Å². The van der Waals surface area contributed by atoms with Gasteiger partial charge < -0.3 is 5.32 Å². The molecule has 132 valence electrons. The second kappa shape index (κ2) is 5.77. The van der Waals surface area contributed by atoms with Crippen molar-refractivity contribution in [2.45, 2.75) is 6.42 Å². The SMILES string of the molecule is Cn1ncc2cc(-c3ccc(-c4cc5c(cc4F)NC(=O)C5)cc3)ccc21. The van der Waals surface area contributed by atoms with Crippen LogP contribution in [0.2, 0.25) is 0 Å². The molecule has 1 N–H and O–H groups in total. The van der Waals surface area contributed by atoms with Crippen LogP contribution in [0.15, 0.2) is 60.8 Å². The highest BCUT2D eigenvalue weighted by Crippen LogP contribution is 2.33. The van der Waals surface area contributed by atoms with E-state index >= 15 is 0 Å². The Morgan fingerprint density at radius 3 is 2.56 bits per heavy atom. The molecule has 27 heavy (non-hydrogen) atoms. The number of aromatic nitrogens is 2. The first-order valence-corrected chi connectivity index (χ1v) is 8.73. The Bertz CT molecular complexity index is 1210. The minimum atomic E-state index is -0.333. The molecule has 5 rings (SSSR count). The molecule has 0 spiro atoms. The van der Waals surface area contributed by atoms with Crippen molar-refractivity contribution < 1.29 is 9.18 Å². The second-order valence-electron chi connectivity index (χ2n) is 6.83. The third-order valence-corrected chi connectivity index (χ3v) is 5.09. The molecule has 5 heteroatoms. The van der Waals surface area contributed by atoms with E-state index in [1.165, 1.54) is 6.07 Å². The molecule has 0 unspecified atom stereocenters. The Balaban J connectivity index is 1.51. The Kier molecular flexibility index (Phi) is 3.37. The van der Waals surface area contributed by atoms with Crippen LogP contribution in [0.3, 0.4) is 0 Å². The highest BCUT2D eigenvalue weighted by atomic mass is 19.1. The second-order valence-corrected chi connectivity index (χ2v) is 6.83. The smallest absolute Gasteiger partial charge is 0.228 e. The molecule has 4 aromatic rings. The zero-order valence-electron chi connectivity index (χ0n) is 14.7. The van der Waals surface area contributed by atoms with Crippen LogP contribution in [0, 0.1) is 5.82 Å². The van der Waals surface area contributed by atoms with Crippen molar-refractivity contribution in [2.75, 3.05) is 5.32 Å². The van der Waals surface area contributed by atoms with E-state index in [-0.39, 0.29) is 11.7 Å². The molecule has 1 aliphatic heterocycles. The first-order chi connectivity index (χ1) is 13.1. The molecule has 1 aromatic heterocycles. The monoisotopic (exact) mass is 357 g/mol. The average molecular weight is 357 g/mol. The van der Waals surface area contributed by atoms with Gasteiger partial charge in [-0.15, -0.1) is 0 Å². The fraction of sp³-hybridized carbons (Fsp3) is 0.0909. The van der Waals surface area contributed by atoms with Gasteiger partial charge >= 0.3 is 0 Å². The predicted molar refractivity (Wildman–Crippen MR) is 104 cm³/mol. The maximum absolute atomic E-state index is 14.5. The van der Waals surface area contributed by atoms with Crippen LogP contribution in [0.5, 0.6) is 0 Å². The first kappa shape index (κ1) is 15.8. The maximum Gasteiger partial charge on any atom is 0.228 e. The molecule has 3 aromatic carbocycles. The summed E-state index contributed by atoms with van der Waals surface area (Å²) in [4.78, 5) is 11.5.